The van der Waals surface area contributed by atoms with Crippen molar-refractivity contribution in [1.82, 2.24) is 9.78 Å². The Kier molecular flexibility index (Phi) is 5.90. The van der Waals surface area contributed by atoms with Crippen LogP contribution < -0.4 is 0 Å². The van der Waals surface area contributed by atoms with Gasteiger partial charge in [-0.15, -0.1) is 0 Å². The summed E-state index contributed by atoms with van der Waals surface area (Å²) < 4.78 is 13.7. The van der Waals surface area contributed by atoms with E-state index in [1.807, 2.05) is 24.6 Å². The zero-order valence-electron chi connectivity index (χ0n) is 9.15. The molecule has 0 spiro atoms. The van der Waals surface area contributed by atoms with Crippen LogP contribution in [0.4, 0.5) is 0 Å². The predicted octanol–water partition coefficient (Wildman–Crippen LogP) is 2.43. The first-order valence-electron chi connectivity index (χ1n) is 5.18. The van der Waals surface area contributed by atoms with Crippen LogP contribution in [0.25, 0.3) is 0 Å². The number of nitrogens with zero attached hydrogens (tertiary/aromatic N) is 2. The van der Waals surface area contributed by atoms with Gasteiger partial charge in [-0.3, -0.25) is 4.68 Å². The molecule has 1 aromatic rings. The standard InChI is InChI=1S/C10H17BrN2O2/c1-3-14-10(15-4-2)6-8-13-9(11)5-7-12-13/h5,7,10H,3-4,6,8H2,1-2H3. The molecule has 1 heterocycles. The van der Waals surface area contributed by atoms with E-state index in [0.29, 0.717) is 13.2 Å². The van der Waals surface area contributed by atoms with E-state index in [9.17, 15) is 0 Å². The van der Waals surface area contributed by atoms with Crippen molar-refractivity contribution in [3.05, 3.63) is 16.9 Å². The van der Waals surface area contributed by atoms with Gasteiger partial charge in [-0.2, -0.15) is 5.10 Å². The maximum Gasteiger partial charge on any atom is 0.159 e. The van der Waals surface area contributed by atoms with Crippen LogP contribution in [0.1, 0.15) is 20.3 Å². The van der Waals surface area contributed by atoms with Gasteiger partial charge >= 0.3 is 0 Å². The Bertz CT molecular complexity index is 272. The second-order valence-corrected chi connectivity index (χ2v) is 3.82. The molecule has 0 amide bonds. The van der Waals surface area contributed by atoms with Crippen molar-refractivity contribution in [1.29, 1.82) is 0 Å². The quantitative estimate of drug-likeness (QED) is 0.718. The summed E-state index contributed by atoms with van der Waals surface area (Å²) in [5.74, 6) is 0. The van der Waals surface area contributed by atoms with Crippen LogP contribution in [0, 0.1) is 0 Å². The lowest BCUT2D eigenvalue weighted by molar-refractivity contribution is -0.141. The lowest BCUT2D eigenvalue weighted by atomic mass is 10.4. The third-order valence-electron chi connectivity index (χ3n) is 1.95. The van der Waals surface area contributed by atoms with E-state index in [1.165, 1.54) is 0 Å². The molecular weight excluding hydrogens is 260 g/mol. The van der Waals surface area contributed by atoms with E-state index < -0.39 is 0 Å². The second kappa shape index (κ2) is 6.98. The van der Waals surface area contributed by atoms with Crippen LogP contribution in [-0.4, -0.2) is 29.3 Å². The van der Waals surface area contributed by atoms with Crippen molar-refractivity contribution in [2.24, 2.45) is 0 Å². The van der Waals surface area contributed by atoms with E-state index in [0.717, 1.165) is 17.6 Å². The van der Waals surface area contributed by atoms with E-state index in [4.69, 9.17) is 9.47 Å². The van der Waals surface area contributed by atoms with Gasteiger partial charge in [-0.25, -0.2) is 0 Å². The van der Waals surface area contributed by atoms with Crippen molar-refractivity contribution in [2.75, 3.05) is 13.2 Å². The number of hydrogen-bond acceptors (Lipinski definition) is 3. The fourth-order valence-corrected chi connectivity index (χ4v) is 1.68. The molecule has 0 N–H and O–H groups in total. The Morgan fingerprint density at radius 3 is 2.53 bits per heavy atom. The van der Waals surface area contributed by atoms with Gasteiger partial charge in [0.1, 0.15) is 4.60 Å². The molecule has 0 saturated carbocycles. The number of aromatic nitrogens is 2. The van der Waals surface area contributed by atoms with E-state index in [1.54, 1.807) is 6.20 Å². The van der Waals surface area contributed by atoms with E-state index in [-0.39, 0.29) is 6.29 Å². The molecule has 15 heavy (non-hydrogen) atoms. The minimum atomic E-state index is -0.129. The van der Waals surface area contributed by atoms with Crippen molar-refractivity contribution >= 4 is 15.9 Å². The molecule has 1 rings (SSSR count). The molecule has 0 aliphatic rings. The predicted molar refractivity (Wildman–Crippen MR) is 61.6 cm³/mol. The number of rotatable bonds is 7. The normalized spacial score (nSPS) is 11.2. The molecule has 0 atom stereocenters. The molecule has 0 aliphatic carbocycles. The first-order valence-corrected chi connectivity index (χ1v) is 5.97. The highest BCUT2D eigenvalue weighted by atomic mass is 79.9. The smallest absolute Gasteiger partial charge is 0.159 e. The van der Waals surface area contributed by atoms with Crippen LogP contribution in [0.5, 0.6) is 0 Å². The van der Waals surface area contributed by atoms with Gasteiger partial charge in [0.25, 0.3) is 0 Å². The Morgan fingerprint density at radius 1 is 1.40 bits per heavy atom. The monoisotopic (exact) mass is 276 g/mol. The largest absolute Gasteiger partial charge is 0.353 e. The topological polar surface area (TPSA) is 36.3 Å². The Labute approximate surface area is 98.7 Å². The molecule has 4 nitrogen and oxygen atoms in total. The third kappa shape index (κ3) is 4.32. The zero-order chi connectivity index (χ0) is 11.1. The summed E-state index contributed by atoms with van der Waals surface area (Å²) in [6, 6.07) is 1.91. The van der Waals surface area contributed by atoms with Gasteiger partial charge in [0, 0.05) is 26.2 Å². The maximum atomic E-state index is 5.44. The molecule has 1 aromatic heterocycles. The Morgan fingerprint density at radius 2 is 2.07 bits per heavy atom. The fraction of sp³-hybridized carbons (Fsp3) is 0.700. The van der Waals surface area contributed by atoms with Crippen molar-refractivity contribution < 1.29 is 9.47 Å². The highest BCUT2D eigenvalue weighted by Crippen LogP contribution is 2.10. The molecule has 0 radical (unpaired) electrons. The summed E-state index contributed by atoms with van der Waals surface area (Å²) in [7, 11) is 0. The highest BCUT2D eigenvalue weighted by Gasteiger charge is 2.08. The first kappa shape index (κ1) is 12.7. The van der Waals surface area contributed by atoms with E-state index >= 15 is 0 Å². The Hall–Kier alpha value is -0.390. The van der Waals surface area contributed by atoms with Crippen molar-refractivity contribution in [3.8, 4) is 0 Å². The Balaban J connectivity index is 2.36. The average Bonchev–Trinajstić information content (AvgIpc) is 2.61. The van der Waals surface area contributed by atoms with Gasteiger partial charge in [0.05, 0.1) is 6.20 Å². The molecule has 0 bridgehead atoms. The van der Waals surface area contributed by atoms with Gasteiger partial charge in [-0.1, -0.05) is 0 Å². The molecule has 0 aromatic carbocycles. The lowest BCUT2D eigenvalue weighted by Gasteiger charge is -2.16. The zero-order valence-corrected chi connectivity index (χ0v) is 10.7. The minimum absolute atomic E-state index is 0.129. The summed E-state index contributed by atoms with van der Waals surface area (Å²) in [5.41, 5.74) is 0. The van der Waals surface area contributed by atoms with Crippen LogP contribution >= 0.6 is 15.9 Å². The maximum absolute atomic E-state index is 5.44. The number of ether oxygens (including phenoxy) is 2. The van der Waals surface area contributed by atoms with Gasteiger partial charge in [0.15, 0.2) is 6.29 Å². The summed E-state index contributed by atoms with van der Waals surface area (Å²) in [6.45, 7) is 6.07. The molecular formula is C10H17BrN2O2. The van der Waals surface area contributed by atoms with Crippen LogP contribution in [-0.2, 0) is 16.0 Å². The molecule has 0 saturated heterocycles. The third-order valence-corrected chi connectivity index (χ3v) is 2.62. The number of aryl methyl sites for hydroxylation is 1. The molecule has 86 valence electrons. The first-order chi connectivity index (χ1) is 7.27. The summed E-state index contributed by atoms with van der Waals surface area (Å²) in [4.78, 5) is 0. The molecule has 0 aliphatic heterocycles. The lowest BCUT2D eigenvalue weighted by Crippen LogP contribution is -2.20. The van der Waals surface area contributed by atoms with Gasteiger partial charge in [-0.05, 0) is 35.8 Å². The minimum Gasteiger partial charge on any atom is -0.353 e. The summed E-state index contributed by atoms with van der Waals surface area (Å²) in [5, 5.41) is 4.17. The van der Waals surface area contributed by atoms with Crippen LogP contribution in [0.15, 0.2) is 16.9 Å². The average molecular weight is 277 g/mol. The van der Waals surface area contributed by atoms with E-state index in [2.05, 4.69) is 21.0 Å². The molecule has 5 heteroatoms. The highest BCUT2D eigenvalue weighted by molar-refractivity contribution is 9.10. The van der Waals surface area contributed by atoms with Crippen molar-refractivity contribution in [2.45, 2.75) is 33.1 Å². The van der Waals surface area contributed by atoms with Gasteiger partial charge < -0.3 is 9.47 Å². The summed E-state index contributed by atoms with van der Waals surface area (Å²) >= 11 is 3.41. The number of halogens is 1. The van der Waals surface area contributed by atoms with Crippen LogP contribution in [0.2, 0.25) is 0 Å². The van der Waals surface area contributed by atoms with Gasteiger partial charge in [0.2, 0.25) is 0 Å². The summed E-state index contributed by atoms with van der Waals surface area (Å²) in [6.07, 6.45) is 2.44. The fourth-order valence-electron chi connectivity index (χ4n) is 1.30. The van der Waals surface area contributed by atoms with Crippen LogP contribution in [0.3, 0.4) is 0 Å². The SMILES string of the molecule is CCOC(CCn1nccc1Br)OCC. The molecule has 0 fully saturated rings. The molecule has 0 unspecified atom stereocenters. The van der Waals surface area contributed by atoms with Crippen molar-refractivity contribution in [3.63, 3.8) is 0 Å². The number of hydrogen-bond donors (Lipinski definition) is 0. The second-order valence-electron chi connectivity index (χ2n) is 3.01.